The van der Waals surface area contributed by atoms with Crippen LogP contribution >= 0.6 is 0 Å². The molecular formula is C12H20N2O2. The van der Waals surface area contributed by atoms with E-state index in [1.165, 1.54) is 0 Å². The van der Waals surface area contributed by atoms with Crippen LogP contribution in [0.5, 0.6) is 5.75 Å². The highest BCUT2D eigenvalue weighted by Crippen LogP contribution is 2.24. The Balaban J connectivity index is 2.67. The van der Waals surface area contributed by atoms with Gasteiger partial charge >= 0.3 is 0 Å². The normalized spacial score (nSPS) is 12.2. The molecule has 16 heavy (non-hydrogen) atoms. The fourth-order valence-electron chi connectivity index (χ4n) is 1.45. The van der Waals surface area contributed by atoms with Gasteiger partial charge in [0.1, 0.15) is 0 Å². The van der Waals surface area contributed by atoms with Crippen LogP contribution < -0.4 is 10.1 Å². The van der Waals surface area contributed by atoms with E-state index >= 15 is 0 Å². The van der Waals surface area contributed by atoms with Crippen LogP contribution in [0.2, 0.25) is 0 Å². The monoisotopic (exact) mass is 224 g/mol. The Morgan fingerprint density at radius 2 is 2.19 bits per heavy atom. The fraction of sp³-hybridized carbons (Fsp3) is 0.583. The van der Waals surface area contributed by atoms with E-state index in [4.69, 9.17) is 9.47 Å². The zero-order valence-corrected chi connectivity index (χ0v) is 10.4. The first-order chi connectivity index (χ1) is 7.67. The van der Waals surface area contributed by atoms with Gasteiger partial charge in [0, 0.05) is 25.5 Å². The number of pyridine rings is 1. The molecule has 1 rings (SSSR count). The summed E-state index contributed by atoms with van der Waals surface area (Å²) in [6.07, 6.45) is 2.70. The molecule has 1 unspecified atom stereocenters. The highest BCUT2D eigenvalue weighted by atomic mass is 16.5. The molecule has 0 radical (unpaired) electrons. The van der Waals surface area contributed by atoms with Gasteiger partial charge in [-0.05, 0) is 26.3 Å². The van der Waals surface area contributed by atoms with Gasteiger partial charge in [-0.1, -0.05) is 0 Å². The van der Waals surface area contributed by atoms with Crippen LogP contribution in [0, 0.1) is 6.92 Å². The molecule has 90 valence electrons. The van der Waals surface area contributed by atoms with Crippen LogP contribution in [0.15, 0.2) is 12.3 Å². The summed E-state index contributed by atoms with van der Waals surface area (Å²) in [6, 6.07) is 2.33. The fourth-order valence-corrected chi connectivity index (χ4v) is 1.45. The van der Waals surface area contributed by atoms with Crippen LogP contribution in [-0.2, 0) is 4.74 Å². The summed E-state index contributed by atoms with van der Waals surface area (Å²) in [4.78, 5) is 4.19. The lowest BCUT2D eigenvalue weighted by molar-refractivity contribution is 0.191. The minimum Gasteiger partial charge on any atom is -0.493 e. The molecule has 1 atom stereocenters. The van der Waals surface area contributed by atoms with Gasteiger partial charge in [0.15, 0.2) is 5.75 Å². The van der Waals surface area contributed by atoms with Crippen molar-refractivity contribution in [3.05, 3.63) is 18.0 Å². The van der Waals surface area contributed by atoms with Crippen molar-refractivity contribution in [3.8, 4) is 5.75 Å². The number of methoxy groups -OCH3 is 2. The van der Waals surface area contributed by atoms with E-state index in [1.807, 2.05) is 13.0 Å². The van der Waals surface area contributed by atoms with Gasteiger partial charge in [-0.15, -0.1) is 0 Å². The lowest BCUT2D eigenvalue weighted by atomic mass is 10.2. The van der Waals surface area contributed by atoms with Gasteiger partial charge in [0.2, 0.25) is 0 Å². The molecule has 1 aromatic heterocycles. The van der Waals surface area contributed by atoms with Crippen molar-refractivity contribution in [2.45, 2.75) is 26.3 Å². The highest BCUT2D eigenvalue weighted by molar-refractivity contribution is 5.56. The zero-order chi connectivity index (χ0) is 12.0. The molecule has 4 nitrogen and oxygen atoms in total. The van der Waals surface area contributed by atoms with Gasteiger partial charge in [-0.3, -0.25) is 4.98 Å². The van der Waals surface area contributed by atoms with Crippen molar-refractivity contribution in [2.24, 2.45) is 0 Å². The summed E-state index contributed by atoms with van der Waals surface area (Å²) >= 11 is 0. The van der Waals surface area contributed by atoms with Crippen molar-refractivity contribution < 1.29 is 9.47 Å². The largest absolute Gasteiger partial charge is 0.493 e. The van der Waals surface area contributed by atoms with Crippen molar-refractivity contribution in [1.82, 2.24) is 4.98 Å². The number of aryl methyl sites for hydroxylation is 1. The van der Waals surface area contributed by atoms with Gasteiger partial charge in [-0.25, -0.2) is 0 Å². The third-order valence-corrected chi connectivity index (χ3v) is 2.38. The number of hydrogen-bond acceptors (Lipinski definition) is 4. The summed E-state index contributed by atoms with van der Waals surface area (Å²) < 4.78 is 10.3. The van der Waals surface area contributed by atoms with E-state index in [0.717, 1.165) is 30.2 Å². The van der Waals surface area contributed by atoms with Crippen LogP contribution in [0.1, 0.15) is 19.0 Å². The van der Waals surface area contributed by atoms with Crippen LogP contribution in [0.3, 0.4) is 0 Å². The van der Waals surface area contributed by atoms with E-state index in [0.29, 0.717) is 6.04 Å². The SMILES string of the molecule is COCCC(C)Nc1cc(C)ncc1OC. The van der Waals surface area contributed by atoms with Gasteiger partial charge in [-0.2, -0.15) is 0 Å². The van der Waals surface area contributed by atoms with Crippen molar-refractivity contribution in [3.63, 3.8) is 0 Å². The number of aromatic nitrogens is 1. The Hall–Kier alpha value is -1.29. The molecule has 0 bridgehead atoms. The molecule has 0 saturated carbocycles. The lowest BCUT2D eigenvalue weighted by Gasteiger charge is -2.17. The third kappa shape index (κ3) is 3.70. The number of hydrogen-bond donors (Lipinski definition) is 1. The molecule has 0 saturated heterocycles. The molecule has 0 amide bonds. The van der Waals surface area contributed by atoms with E-state index < -0.39 is 0 Å². The van der Waals surface area contributed by atoms with E-state index in [9.17, 15) is 0 Å². The molecule has 4 heteroatoms. The van der Waals surface area contributed by atoms with E-state index in [2.05, 4.69) is 17.2 Å². The Bertz CT molecular complexity index is 329. The molecule has 0 aliphatic rings. The quantitative estimate of drug-likeness (QED) is 0.804. The first-order valence-corrected chi connectivity index (χ1v) is 5.43. The second-order valence-electron chi connectivity index (χ2n) is 3.85. The Kier molecular flexibility index (Phi) is 5.05. The number of anilines is 1. The minimum absolute atomic E-state index is 0.343. The maximum Gasteiger partial charge on any atom is 0.160 e. The Morgan fingerprint density at radius 1 is 1.44 bits per heavy atom. The maximum atomic E-state index is 5.25. The van der Waals surface area contributed by atoms with Crippen molar-refractivity contribution in [1.29, 1.82) is 0 Å². The predicted octanol–water partition coefficient (Wildman–Crippen LogP) is 2.24. The number of nitrogens with one attached hydrogen (secondary N) is 1. The first-order valence-electron chi connectivity index (χ1n) is 5.43. The minimum atomic E-state index is 0.343. The number of rotatable bonds is 6. The lowest BCUT2D eigenvalue weighted by Crippen LogP contribution is -2.17. The molecule has 0 spiro atoms. The van der Waals surface area contributed by atoms with E-state index in [-0.39, 0.29) is 0 Å². The molecule has 0 aliphatic heterocycles. The smallest absolute Gasteiger partial charge is 0.160 e. The molecular weight excluding hydrogens is 204 g/mol. The summed E-state index contributed by atoms with van der Waals surface area (Å²) in [5.74, 6) is 0.773. The molecule has 0 fully saturated rings. The van der Waals surface area contributed by atoms with Crippen molar-refractivity contribution >= 4 is 5.69 Å². The van der Waals surface area contributed by atoms with Gasteiger partial charge < -0.3 is 14.8 Å². The van der Waals surface area contributed by atoms with Gasteiger partial charge in [0.05, 0.1) is 19.0 Å². The summed E-state index contributed by atoms with van der Waals surface area (Å²) in [5, 5.41) is 3.39. The van der Waals surface area contributed by atoms with Gasteiger partial charge in [0.25, 0.3) is 0 Å². The Labute approximate surface area is 97.0 Å². The second-order valence-corrected chi connectivity index (χ2v) is 3.85. The standard InChI is InChI=1S/C12H20N2O2/c1-9(5-6-15-3)14-11-7-10(2)13-8-12(11)16-4/h7-9H,5-6H2,1-4H3,(H,13,14). The molecule has 1 N–H and O–H groups in total. The number of ether oxygens (including phenoxy) is 2. The van der Waals surface area contributed by atoms with Crippen LogP contribution in [-0.4, -0.2) is 31.9 Å². The topological polar surface area (TPSA) is 43.4 Å². The zero-order valence-electron chi connectivity index (χ0n) is 10.4. The van der Waals surface area contributed by atoms with E-state index in [1.54, 1.807) is 20.4 Å². The summed E-state index contributed by atoms with van der Waals surface area (Å²) in [5.41, 5.74) is 1.96. The predicted molar refractivity (Wildman–Crippen MR) is 65.1 cm³/mol. The van der Waals surface area contributed by atoms with Crippen LogP contribution in [0.25, 0.3) is 0 Å². The highest BCUT2D eigenvalue weighted by Gasteiger charge is 2.07. The molecule has 0 aromatic carbocycles. The van der Waals surface area contributed by atoms with Crippen LogP contribution in [0.4, 0.5) is 5.69 Å². The first kappa shape index (κ1) is 12.8. The molecule has 0 aliphatic carbocycles. The summed E-state index contributed by atoms with van der Waals surface area (Å²) in [7, 11) is 3.36. The molecule has 1 aromatic rings. The molecule has 1 heterocycles. The average molecular weight is 224 g/mol. The average Bonchev–Trinajstić information content (AvgIpc) is 2.27. The second kappa shape index (κ2) is 6.33. The Morgan fingerprint density at radius 3 is 2.81 bits per heavy atom. The number of nitrogens with zero attached hydrogens (tertiary/aromatic N) is 1. The summed E-state index contributed by atoms with van der Waals surface area (Å²) in [6.45, 7) is 4.83. The third-order valence-electron chi connectivity index (χ3n) is 2.38. The van der Waals surface area contributed by atoms with Crippen molar-refractivity contribution in [2.75, 3.05) is 26.1 Å². The maximum absolute atomic E-state index is 5.25.